The number of carbonyl (C=O) groups excluding carboxylic acids is 6. The van der Waals surface area contributed by atoms with Crippen LogP contribution in [0, 0.1) is 0 Å². The monoisotopic (exact) mass is 754 g/mol. The highest BCUT2D eigenvalue weighted by Gasteiger charge is 2.65. The number of ether oxygens (including phenoxy) is 6. The summed E-state index contributed by atoms with van der Waals surface area (Å²) in [6.07, 6.45) is -26.4. The Hall–Kier alpha value is -4.68. The lowest BCUT2D eigenvalue weighted by Crippen LogP contribution is -2.46. The first-order valence-corrected chi connectivity index (χ1v) is 11.8. The lowest BCUT2D eigenvalue weighted by atomic mass is 10.3. The maximum Gasteiger partial charge on any atom is 0.490 e. The van der Waals surface area contributed by atoms with Gasteiger partial charge in [-0.15, -0.1) is 0 Å². The third-order valence-corrected chi connectivity index (χ3v) is 4.15. The van der Waals surface area contributed by atoms with Crippen LogP contribution in [0.15, 0.2) is 24.3 Å². The molecule has 282 valence electrons. The lowest BCUT2D eigenvalue weighted by molar-refractivity contribution is -0.281. The van der Waals surface area contributed by atoms with Crippen molar-refractivity contribution < 1.29 is 119 Å². The van der Waals surface area contributed by atoms with E-state index in [1.54, 1.807) is 0 Å². The minimum Gasteiger partial charge on any atom is -0.457 e. The Morgan fingerprint density at radius 3 is 0.878 bits per heavy atom. The molecule has 0 aliphatic carbocycles. The Morgan fingerprint density at radius 1 is 0.469 bits per heavy atom. The number of rotatable bonds is 13. The minimum absolute atomic E-state index is 0.237. The van der Waals surface area contributed by atoms with Gasteiger partial charge in [-0.3, -0.25) is 0 Å². The molecule has 1 unspecified atom stereocenters. The van der Waals surface area contributed by atoms with Crippen molar-refractivity contribution in [1.82, 2.24) is 0 Å². The number of hydrogen-bond donors (Lipinski definition) is 0. The summed E-state index contributed by atoms with van der Waals surface area (Å²) in [5.74, 6) is -19.6. The van der Waals surface area contributed by atoms with Gasteiger partial charge in [0.05, 0.1) is 0 Å². The normalized spacial score (nSPS) is 12.8. The summed E-state index contributed by atoms with van der Waals surface area (Å²) in [5, 5.41) is 0. The molecule has 0 radical (unpaired) electrons. The first-order chi connectivity index (χ1) is 21.7. The number of alkyl halides is 14. The van der Waals surface area contributed by atoms with E-state index in [1.165, 1.54) is 0 Å². The SMILES string of the molecule is C=C(C)C(=O)OC(COC(=O)C(F)(F)F)COC(=O)C(F)(F)C(F)(F)F.C=C(C)C(=O)OC(COC(=O)C(F)(F)F)COC(=O)C(F)(F)F. The fourth-order valence-electron chi connectivity index (χ4n) is 1.86. The Morgan fingerprint density at radius 2 is 0.694 bits per heavy atom. The van der Waals surface area contributed by atoms with Crippen LogP contribution in [0.2, 0.25) is 0 Å². The van der Waals surface area contributed by atoms with Crippen LogP contribution in [0.5, 0.6) is 0 Å². The molecule has 0 fully saturated rings. The highest BCUT2D eigenvalue weighted by molar-refractivity contribution is 5.87. The van der Waals surface area contributed by atoms with Crippen molar-refractivity contribution in [2.24, 2.45) is 0 Å². The van der Waals surface area contributed by atoms with Gasteiger partial charge in [0.15, 0.2) is 12.2 Å². The molecule has 49 heavy (non-hydrogen) atoms. The molecule has 0 saturated carbocycles. The fourth-order valence-corrected chi connectivity index (χ4v) is 1.86. The number of hydrogen-bond acceptors (Lipinski definition) is 12. The quantitative estimate of drug-likeness (QED) is 0.115. The van der Waals surface area contributed by atoms with Crippen LogP contribution in [-0.4, -0.2) is 105 Å². The zero-order valence-electron chi connectivity index (χ0n) is 24.1. The van der Waals surface area contributed by atoms with Gasteiger partial charge < -0.3 is 28.4 Å². The van der Waals surface area contributed by atoms with Gasteiger partial charge in [0.25, 0.3) is 0 Å². The molecule has 0 bridgehead atoms. The van der Waals surface area contributed by atoms with Gasteiger partial charge in [0.1, 0.15) is 26.4 Å². The molecule has 0 spiro atoms. The fraction of sp³-hybridized carbons (Fsp3) is 0.565. The van der Waals surface area contributed by atoms with Gasteiger partial charge in [0.2, 0.25) is 0 Å². The van der Waals surface area contributed by atoms with Crippen molar-refractivity contribution >= 4 is 35.8 Å². The molecule has 0 aromatic carbocycles. The van der Waals surface area contributed by atoms with Crippen LogP contribution in [0.3, 0.4) is 0 Å². The predicted molar refractivity (Wildman–Crippen MR) is 122 cm³/mol. The van der Waals surface area contributed by atoms with Crippen LogP contribution < -0.4 is 0 Å². The zero-order valence-corrected chi connectivity index (χ0v) is 24.1. The summed E-state index contributed by atoms with van der Waals surface area (Å²) >= 11 is 0. The van der Waals surface area contributed by atoms with Crippen LogP contribution >= 0.6 is 0 Å². The van der Waals surface area contributed by atoms with Crippen LogP contribution in [-0.2, 0) is 57.2 Å². The molecule has 0 saturated heterocycles. The Bertz CT molecular complexity index is 1200. The second kappa shape index (κ2) is 18.2. The van der Waals surface area contributed by atoms with Crippen LogP contribution in [0.25, 0.3) is 0 Å². The van der Waals surface area contributed by atoms with Gasteiger partial charge in [-0.05, 0) is 13.8 Å². The summed E-state index contributed by atoms with van der Waals surface area (Å²) in [7, 11) is 0. The first kappa shape index (κ1) is 46.4. The minimum atomic E-state index is -6.29. The maximum atomic E-state index is 12.7. The third-order valence-electron chi connectivity index (χ3n) is 4.15. The topological polar surface area (TPSA) is 158 Å². The molecule has 0 rings (SSSR count). The molecule has 0 aromatic heterocycles. The van der Waals surface area contributed by atoms with Crippen molar-refractivity contribution in [2.45, 2.75) is 56.7 Å². The summed E-state index contributed by atoms with van der Waals surface area (Å²) in [5.41, 5.74) is -0.580. The lowest BCUT2D eigenvalue weighted by Gasteiger charge is -2.21. The predicted octanol–water partition coefficient (Wildman–Crippen LogP) is 4.01. The van der Waals surface area contributed by atoms with E-state index in [9.17, 15) is 90.2 Å². The smallest absolute Gasteiger partial charge is 0.457 e. The molecule has 26 heteroatoms. The molecule has 0 aliphatic heterocycles. The highest BCUT2D eigenvalue weighted by Crippen LogP contribution is 2.36. The molecule has 0 aliphatic rings. The Balaban J connectivity index is 0. The van der Waals surface area contributed by atoms with E-state index in [-0.39, 0.29) is 11.1 Å². The van der Waals surface area contributed by atoms with Gasteiger partial charge >= 0.3 is 66.4 Å². The summed E-state index contributed by atoms with van der Waals surface area (Å²) < 4.78 is 192. The highest BCUT2D eigenvalue weighted by atomic mass is 19.4. The third kappa shape index (κ3) is 17.9. The van der Waals surface area contributed by atoms with Crippen molar-refractivity contribution in [2.75, 3.05) is 26.4 Å². The molecule has 0 N–H and O–H groups in total. The van der Waals surface area contributed by atoms with Gasteiger partial charge in [0, 0.05) is 11.1 Å². The number of esters is 6. The molecule has 0 heterocycles. The van der Waals surface area contributed by atoms with Crippen molar-refractivity contribution in [3.63, 3.8) is 0 Å². The Labute approximate surface area is 262 Å². The number of carbonyl (C=O) groups is 6. The van der Waals surface area contributed by atoms with E-state index in [1.807, 2.05) is 0 Å². The van der Waals surface area contributed by atoms with Crippen molar-refractivity contribution in [3.8, 4) is 0 Å². The summed E-state index contributed by atoms with van der Waals surface area (Å²) in [6.45, 7) is 2.86. The molecule has 12 nitrogen and oxygen atoms in total. The number of halogens is 14. The van der Waals surface area contributed by atoms with Crippen molar-refractivity contribution in [3.05, 3.63) is 24.3 Å². The van der Waals surface area contributed by atoms with Crippen LogP contribution in [0.1, 0.15) is 13.8 Å². The first-order valence-electron chi connectivity index (χ1n) is 11.8. The van der Waals surface area contributed by atoms with E-state index < -0.39 is 105 Å². The van der Waals surface area contributed by atoms with E-state index in [2.05, 4.69) is 41.6 Å². The summed E-state index contributed by atoms with van der Waals surface area (Å²) in [6, 6.07) is 0. The Kier molecular flexibility index (Phi) is 17.2. The van der Waals surface area contributed by atoms with Gasteiger partial charge in [-0.1, -0.05) is 13.2 Å². The molecule has 0 aromatic rings. The molecular weight excluding hydrogens is 734 g/mol. The van der Waals surface area contributed by atoms with E-state index in [0.717, 1.165) is 13.8 Å². The average molecular weight is 754 g/mol. The second-order valence-electron chi connectivity index (χ2n) is 8.57. The molecule has 1 atom stereocenters. The zero-order chi connectivity index (χ0) is 39.3. The molecular formula is C23H20F14O12. The standard InChI is InChI=1S/C12H10F8O6.C11H10F6O6/c1-5(2)7(21)26-6(4-25-9(23)11(15,16)17)3-24-8(22)10(13,14)12(18,19)20;1-5(2)7(18)23-6(3-21-8(19)10(12,13)14)4-22-9(20)11(15,16)17/h6H,1,3-4H2,2H3;6H,1,3-4H2,2H3. The largest absolute Gasteiger partial charge is 0.490 e. The second-order valence-corrected chi connectivity index (χ2v) is 8.57. The van der Waals surface area contributed by atoms with E-state index in [4.69, 9.17) is 0 Å². The maximum absolute atomic E-state index is 12.7. The summed E-state index contributed by atoms with van der Waals surface area (Å²) in [4.78, 5) is 64.7. The molecule has 0 amide bonds. The van der Waals surface area contributed by atoms with Gasteiger partial charge in [-0.25, -0.2) is 28.8 Å². The van der Waals surface area contributed by atoms with Crippen LogP contribution in [0.4, 0.5) is 61.5 Å². The average Bonchev–Trinajstić information content (AvgIpc) is 2.92. The van der Waals surface area contributed by atoms with E-state index >= 15 is 0 Å². The van der Waals surface area contributed by atoms with E-state index in [0.29, 0.717) is 0 Å². The van der Waals surface area contributed by atoms with Crippen molar-refractivity contribution in [1.29, 1.82) is 0 Å². The van der Waals surface area contributed by atoms with Gasteiger partial charge in [-0.2, -0.15) is 61.5 Å².